The van der Waals surface area contributed by atoms with Crippen molar-refractivity contribution >= 4 is 41.3 Å². The third-order valence-corrected chi connectivity index (χ3v) is 4.59. The highest BCUT2D eigenvalue weighted by Crippen LogP contribution is 2.26. The van der Waals surface area contributed by atoms with E-state index in [-0.39, 0.29) is 41.4 Å². The molecule has 7 nitrogen and oxygen atoms in total. The number of benzene rings is 2. The summed E-state index contributed by atoms with van der Waals surface area (Å²) in [5, 5.41) is 17.2. The van der Waals surface area contributed by atoms with Crippen LogP contribution < -0.4 is 15.5 Å². The van der Waals surface area contributed by atoms with E-state index in [2.05, 4.69) is 15.6 Å². The number of anilines is 1. The van der Waals surface area contributed by atoms with Crippen LogP contribution in [0.25, 0.3) is 0 Å². The van der Waals surface area contributed by atoms with Gasteiger partial charge in [0.15, 0.2) is 5.96 Å². The van der Waals surface area contributed by atoms with Crippen molar-refractivity contribution in [2.75, 3.05) is 25.0 Å². The molecule has 10 heteroatoms. The first kappa shape index (κ1) is 22.8. The molecule has 1 aliphatic heterocycles. The Balaban J connectivity index is 0.00000300. The number of nitro benzene ring substituents is 1. The summed E-state index contributed by atoms with van der Waals surface area (Å²) in [5.74, 6) is -0.630. The van der Waals surface area contributed by atoms with Crippen molar-refractivity contribution < 1.29 is 13.7 Å². The fourth-order valence-corrected chi connectivity index (χ4v) is 3.23. The van der Waals surface area contributed by atoms with Crippen LogP contribution in [-0.4, -0.2) is 37.1 Å². The fourth-order valence-electron chi connectivity index (χ4n) is 3.23. The molecule has 0 bridgehead atoms. The van der Waals surface area contributed by atoms with Gasteiger partial charge >= 0.3 is 0 Å². The van der Waals surface area contributed by atoms with Gasteiger partial charge in [-0.1, -0.05) is 18.2 Å². The van der Waals surface area contributed by atoms with Crippen LogP contribution in [0.3, 0.4) is 0 Å². The monoisotopic (exact) mass is 517 g/mol. The minimum Gasteiger partial charge on any atom is -0.365 e. The number of hydrogen-bond acceptors (Lipinski definition) is 4. The molecule has 2 N–H and O–H groups in total. The second kappa shape index (κ2) is 10.3. The van der Waals surface area contributed by atoms with Gasteiger partial charge in [0.2, 0.25) is 0 Å². The summed E-state index contributed by atoms with van der Waals surface area (Å²) in [4.78, 5) is 16.3. The average Bonchev–Trinajstić information content (AvgIpc) is 3.13. The molecule has 1 atom stereocenters. The number of aliphatic imine (C=N–C) groups is 1. The molecule has 1 fully saturated rings. The number of guanidine groups is 1. The summed E-state index contributed by atoms with van der Waals surface area (Å²) < 4.78 is 27.9. The zero-order valence-electron chi connectivity index (χ0n) is 15.8. The zero-order valence-corrected chi connectivity index (χ0v) is 18.1. The third kappa shape index (κ3) is 5.75. The van der Waals surface area contributed by atoms with Gasteiger partial charge in [-0.05, 0) is 24.1 Å². The fraction of sp³-hybridized carbons (Fsp3) is 0.316. The highest BCUT2D eigenvalue weighted by atomic mass is 127. The molecular formula is C19H22F2IN5O2. The van der Waals surface area contributed by atoms with Gasteiger partial charge < -0.3 is 15.5 Å². The lowest BCUT2D eigenvalue weighted by Crippen LogP contribution is -2.44. The number of nitro groups is 1. The van der Waals surface area contributed by atoms with Crippen molar-refractivity contribution in [3.05, 3.63) is 69.8 Å². The molecule has 0 aliphatic carbocycles. The molecule has 2 aromatic rings. The van der Waals surface area contributed by atoms with Crippen LogP contribution in [0.2, 0.25) is 0 Å². The summed E-state index contributed by atoms with van der Waals surface area (Å²) >= 11 is 0. The molecule has 1 heterocycles. The molecule has 3 rings (SSSR count). The topological polar surface area (TPSA) is 82.8 Å². The van der Waals surface area contributed by atoms with Gasteiger partial charge in [0.1, 0.15) is 17.3 Å². The predicted molar refractivity (Wildman–Crippen MR) is 119 cm³/mol. The number of rotatable bonds is 5. The van der Waals surface area contributed by atoms with Crippen molar-refractivity contribution in [1.29, 1.82) is 0 Å². The van der Waals surface area contributed by atoms with E-state index in [1.165, 1.54) is 30.3 Å². The van der Waals surface area contributed by atoms with Gasteiger partial charge in [-0.3, -0.25) is 15.1 Å². The minimum atomic E-state index is -0.575. The summed E-state index contributed by atoms with van der Waals surface area (Å²) in [6.45, 7) is 1.33. The normalized spacial score (nSPS) is 16.3. The van der Waals surface area contributed by atoms with Gasteiger partial charge in [-0.2, -0.15) is 0 Å². The standard InChI is InChI=1S/C19H21F2N5O2.HI/c1-22-19(23-11-13-4-2-5-15(10-13)26(27)28)24-14-8-9-25(12-14)18-16(20)6-3-7-17(18)21;/h2-7,10,14H,8-9,11-12H2,1H3,(H2,22,23,24);1H. The van der Waals surface area contributed by atoms with Gasteiger partial charge in [0, 0.05) is 44.9 Å². The number of hydrogen-bond donors (Lipinski definition) is 2. The van der Waals surface area contributed by atoms with Crippen LogP contribution in [-0.2, 0) is 6.54 Å². The number of para-hydroxylation sites is 1. The molecule has 0 amide bonds. The Morgan fingerprint density at radius 3 is 2.62 bits per heavy atom. The molecule has 156 valence electrons. The van der Waals surface area contributed by atoms with Gasteiger partial charge in [-0.15, -0.1) is 24.0 Å². The van der Waals surface area contributed by atoms with E-state index in [1.54, 1.807) is 24.1 Å². The van der Waals surface area contributed by atoms with Crippen LogP contribution in [0.15, 0.2) is 47.5 Å². The Labute approximate surface area is 184 Å². The van der Waals surface area contributed by atoms with Crippen LogP contribution in [0, 0.1) is 21.7 Å². The smallest absolute Gasteiger partial charge is 0.269 e. The molecule has 0 aromatic heterocycles. The van der Waals surface area contributed by atoms with Crippen molar-refractivity contribution in [3.63, 3.8) is 0 Å². The summed E-state index contributed by atoms with van der Waals surface area (Å²) in [7, 11) is 1.62. The Bertz CT molecular complexity index is 876. The van der Waals surface area contributed by atoms with E-state index in [0.29, 0.717) is 32.0 Å². The Morgan fingerprint density at radius 2 is 1.97 bits per heavy atom. The molecule has 0 spiro atoms. The van der Waals surface area contributed by atoms with E-state index in [4.69, 9.17) is 0 Å². The van der Waals surface area contributed by atoms with E-state index in [9.17, 15) is 18.9 Å². The molecule has 1 aliphatic rings. The molecule has 1 unspecified atom stereocenters. The van der Waals surface area contributed by atoms with Gasteiger partial charge in [0.05, 0.1) is 4.92 Å². The lowest BCUT2D eigenvalue weighted by Gasteiger charge is -2.21. The Hall–Kier alpha value is -2.50. The largest absolute Gasteiger partial charge is 0.365 e. The van der Waals surface area contributed by atoms with E-state index in [1.807, 2.05) is 0 Å². The second-order valence-corrected chi connectivity index (χ2v) is 6.50. The van der Waals surface area contributed by atoms with E-state index in [0.717, 1.165) is 5.56 Å². The van der Waals surface area contributed by atoms with Crippen molar-refractivity contribution in [2.24, 2.45) is 4.99 Å². The second-order valence-electron chi connectivity index (χ2n) is 6.50. The lowest BCUT2D eigenvalue weighted by molar-refractivity contribution is -0.384. The van der Waals surface area contributed by atoms with E-state index < -0.39 is 16.6 Å². The predicted octanol–water partition coefficient (Wildman–Crippen LogP) is 3.43. The Morgan fingerprint density at radius 1 is 1.28 bits per heavy atom. The highest BCUT2D eigenvalue weighted by Gasteiger charge is 2.27. The summed E-state index contributed by atoms with van der Waals surface area (Å²) in [6.07, 6.45) is 0.700. The van der Waals surface area contributed by atoms with Crippen LogP contribution in [0.5, 0.6) is 0 Å². The number of nitrogens with zero attached hydrogens (tertiary/aromatic N) is 3. The SMILES string of the molecule is CN=C(NCc1cccc([N+](=O)[O-])c1)NC1CCN(c2c(F)cccc2F)C1.I. The van der Waals surface area contributed by atoms with Crippen molar-refractivity contribution in [3.8, 4) is 0 Å². The summed E-state index contributed by atoms with van der Waals surface area (Å²) in [5.41, 5.74) is 0.769. The molecular weight excluding hydrogens is 495 g/mol. The van der Waals surface area contributed by atoms with Crippen LogP contribution in [0.1, 0.15) is 12.0 Å². The first-order chi connectivity index (χ1) is 13.5. The quantitative estimate of drug-likeness (QED) is 0.209. The van der Waals surface area contributed by atoms with Crippen LogP contribution >= 0.6 is 24.0 Å². The maximum absolute atomic E-state index is 14.0. The first-order valence-electron chi connectivity index (χ1n) is 8.87. The first-order valence-corrected chi connectivity index (χ1v) is 8.87. The highest BCUT2D eigenvalue weighted by molar-refractivity contribution is 14.0. The van der Waals surface area contributed by atoms with E-state index >= 15 is 0 Å². The minimum absolute atomic E-state index is 0. The zero-order chi connectivity index (χ0) is 20.1. The maximum atomic E-state index is 14.0. The lowest BCUT2D eigenvalue weighted by atomic mass is 10.2. The number of halogens is 3. The van der Waals surface area contributed by atoms with Crippen molar-refractivity contribution in [2.45, 2.75) is 19.0 Å². The summed E-state index contributed by atoms with van der Waals surface area (Å²) in [6, 6.07) is 10.2. The molecule has 0 radical (unpaired) electrons. The maximum Gasteiger partial charge on any atom is 0.269 e. The number of non-ortho nitro benzene ring substituents is 1. The number of nitrogens with one attached hydrogen (secondary N) is 2. The Kier molecular flexibility index (Phi) is 8.11. The molecule has 2 aromatic carbocycles. The van der Waals surface area contributed by atoms with Gasteiger partial charge in [0.25, 0.3) is 5.69 Å². The van der Waals surface area contributed by atoms with Gasteiger partial charge in [-0.25, -0.2) is 8.78 Å². The molecule has 29 heavy (non-hydrogen) atoms. The van der Waals surface area contributed by atoms with Crippen LogP contribution in [0.4, 0.5) is 20.2 Å². The average molecular weight is 517 g/mol. The van der Waals surface area contributed by atoms with Crippen molar-refractivity contribution in [1.82, 2.24) is 10.6 Å². The molecule has 1 saturated heterocycles. The third-order valence-electron chi connectivity index (χ3n) is 4.59. The molecule has 0 saturated carbocycles.